The average molecular weight is 370 g/mol. The van der Waals surface area contributed by atoms with Crippen LogP contribution < -0.4 is 4.74 Å². The smallest absolute Gasteiger partial charge is 0.277 e. The number of carbonyl (C=O) groups excluding carboxylic acids is 2. The minimum atomic E-state index is -0.173. The van der Waals surface area contributed by atoms with Crippen LogP contribution in [0, 0.1) is 5.92 Å². The quantitative estimate of drug-likeness (QED) is 0.717. The Morgan fingerprint density at radius 1 is 1.07 bits per heavy atom. The highest BCUT2D eigenvalue weighted by Gasteiger charge is 2.41. The Bertz CT molecular complexity index is 728. The minimum absolute atomic E-state index is 0.0932. The Labute approximate surface area is 162 Å². The number of nitrogens with zero attached hydrogens (tertiary/aromatic N) is 2. The molecule has 1 aromatic carbocycles. The third-order valence-electron chi connectivity index (χ3n) is 5.21. The van der Waals surface area contributed by atoms with Crippen LogP contribution in [-0.4, -0.2) is 47.4 Å². The summed E-state index contributed by atoms with van der Waals surface area (Å²) in [5.74, 6) is 1.11. The lowest BCUT2D eigenvalue weighted by molar-refractivity contribution is -0.137. The van der Waals surface area contributed by atoms with Gasteiger partial charge in [-0.1, -0.05) is 26.0 Å². The molecular formula is C22H30N2O3. The fraction of sp³-hybridized carbons (Fsp3) is 0.545. The van der Waals surface area contributed by atoms with Crippen LogP contribution >= 0.6 is 0 Å². The van der Waals surface area contributed by atoms with Crippen LogP contribution in [0.1, 0.15) is 52.5 Å². The van der Waals surface area contributed by atoms with Gasteiger partial charge in [-0.15, -0.1) is 0 Å². The number of hydrogen-bond acceptors (Lipinski definition) is 4. The molecule has 0 aromatic heterocycles. The molecule has 0 radical (unpaired) electrons. The SMILES string of the molecule is CCCN1C(=O)C(c2ccc(OC(C)C)cc2)=C(N2CCC(C)CC2)C1=O. The second kappa shape index (κ2) is 8.15. The molecular weight excluding hydrogens is 340 g/mol. The molecule has 3 rings (SSSR count). The molecule has 0 unspecified atom stereocenters. The van der Waals surface area contributed by atoms with Crippen molar-refractivity contribution in [3.63, 3.8) is 0 Å². The molecule has 146 valence electrons. The maximum Gasteiger partial charge on any atom is 0.277 e. The van der Waals surface area contributed by atoms with Crippen molar-refractivity contribution in [2.75, 3.05) is 19.6 Å². The zero-order chi connectivity index (χ0) is 19.6. The molecule has 0 aliphatic carbocycles. The number of carbonyl (C=O) groups is 2. The number of ether oxygens (including phenoxy) is 1. The summed E-state index contributed by atoms with van der Waals surface area (Å²) in [6.07, 6.45) is 2.95. The van der Waals surface area contributed by atoms with Crippen molar-refractivity contribution in [3.8, 4) is 5.75 Å². The Morgan fingerprint density at radius 2 is 1.70 bits per heavy atom. The standard InChI is InChI=1S/C22H30N2O3/c1-5-12-24-21(25)19(17-6-8-18(9-7-17)27-15(2)3)20(22(24)26)23-13-10-16(4)11-14-23/h6-9,15-16H,5,10-14H2,1-4H3. The van der Waals surface area contributed by atoms with Crippen LogP contribution in [0.15, 0.2) is 30.0 Å². The van der Waals surface area contributed by atoms with Gasteiger partial charge in [0.05, 0.1) is 11.7 Å². The summed E-state index contributed by atoms with van der Waals surface area (Å²) in [7, 11) is 0. The molecule has 5 nitrogen and oxygen atoms in total. The van der Waals surface area contributed by atoms with Gasteiger partial charge in [0.15, 0.2) is 0 Å². The zero-order valence-corrected chi connectivity index (χ0v) is 16.8. The number of likely N-dealkylation sites (tertiary alicyclic amines) is 1. The first kappa shape index (κ1) is 19.5. The second-order valence-corrected chi connectivity index (χ2v) is 7.85. The molecule has 1 saturated heterocycles. The van der Waals surface area contributed by atoms with E-state index in [1.807, 2.05) is 45.0 Å². The van der Waals surface area contributed by atoms with Gasteiger partial charge in [-0.05, 0) is 56.7 Å². The lowest BCUT2D eigenvalue weighted by Gasteiger charge is -2.32. The molecule has 27 heavy (non-hydrogen) atoms. The summed E-state index contributed by atoms with van der Waals surface area (Å²) < 4.78 is 5.71. The van der Waals surface area contributed by atoms with Crippen LogP contribution in [-0.2, 0) is 9.59 Å². The van der Waals surface area contributed by atoms with E-state index in [2.05, 4.69) is 11.8 Å². The van der Waals surface area contributed by atoms with Crippen molar-refractivity contribution >= 4 is 17.4 Å². The lowest BCUT2D eigenvalue weighted by atomic mass is 9.97. The van der Waals surface area contributed by atoms with Crippen molar-refractivity contribution in [3.05, 3.63) is 35.5 Å². The molecule has 0 atom stereocenters. The second-order valence-electron chi connectivity index (χ2n) is 7.85. The first-order valence-electron chi connectivity index (χ1n) is 10.0. The Morgan fingerprint density at radius 3 is 2.26 bits per heavy atom. The van der Waals surface area contributed by atoms with E-state index in [4.69, 9.17) is 4.74 Å². The first-order valence-corrected chi connectivity index (χ1v) is 10.0. The van der Waals surface area contributed by atoms with Crippen LogP contribution in [0.5, 0.6) is 5.75 Å². The van der Waals surface area contributed by atoms with Crippen LogP contribution in [0.3, 0.4) is 0 Å². The van der Waals surface area contributed by atoms with E-state index < -0.39 is 0 Å². The Hall–Kier alpha value is -2.30. The molecule has 5 heteroatoms. The van der Waals surface area contributed by atoms with Gasteiger partial charge in [-0.3, -0.25) is 14.5 Å². The topological polar surface area (TPSA) is 49.9 Å². The van der Waals surface area contributed by atoms with E-state index in [-0.39, 0.29) is 17.9 Å². The summed E-state index contributed by atoms with van der Waals surface area (Å²) >= 11 is 0. The highest BCUT2D eigenvalue weighted by Crippen LogP contribution is 2.34. The number of piperidine rings is 1. The van der Waals surface area contributed by atoms with Crippen molar-refractivity contribution in [2.45, 2.75) is 53.1 Å². The van der Waals surface area contributed by atoms with Gasteiger partial charge >= 0.3 is 0 Å². The van der Waals surface area contributed by atoms with E-state index >= 15 is 0 Å². The van der Waals surface area contributed by atoms with E-state index in [1.165, 1.54) is 4.90 Å². The fourth-order valence-electron chi connectivity index (χ4n) is 3.75. The van der Waals surface area contributed by atoms with Gasteiger partial charge < -0.3 is 9.64 Å². The summed E-state index contributed by atoms with van der Waals surface area (Å²) in [6.45, 7) is 10.3. The van der Waals surface area contributed by atoms with E-state index in [0.717, 1.165) is 43.7 Å². The van der Waals surface area contributed by atoms with E-state index in [9.17, 15) is 9.59 Å². The highest BCUT2D eigenvalue weighted by atomic mass is 16.5. The Balaban J connectivity index is 1.97. The normalized spacial score (nSPS) is 18.9. The maximum atomic E-state index is 13.1. The number of imide groups is 1. The predicted molar refractivity (Wildman–Crippen MR) is 106 cm³/mol. The highest BCUT2D eigenvalue weighted by molar-refractivity contribution is 6.35. The predicted octanol–water partition coefficient (Wildman–Crippen LogP) is 3.70. The average Bonchev–Trinajstić information content (AvgIpc) is 2.88. The van der Waals surface area contributed by atoms with Gasteiger partial charge in [-0.2, -0.15) is 0 Å². The number of benzene rings is 1. The minimum Gasteiger partial charge on any atom is -0.491 e. The zero-order valence-electron chi connectivity index (χ0n) is 16.8. The fourth-order valence-corrected chi connectivity index (χ4v) is 3.75. The van der Waals surface area contributed by atoms with Crippen molar-refractivity contribution in [2.24, 2.45) is 5.92 Å². The molecule has 0 bridgehead atoms. The monoisotopic (exact) mass is 370 g/mol. The molecule has 2 aliphatic rings. The van der Waals surface area contributed by atoms with Gasteiger partial charge in [0.25, 0.3) is 11.8 Å². The molecule has 0 saturated carbocycles. The summed E-state index contributed by atoms with van der Waals surface area (Å²) in [5, 5.41) is 0. The van der Waals surface area contributed by atoms with Crippen LogP contribution in [0.2, 0.25) is 0 Å². The largest absolute Gasteiger partial charge is 0.491 e. The van der Waals surface area contributed by atoms with Crippen LogP contribution in [0.25, 0.3) is 5.57 Å². The third kappa shape index (κ3) is 4.02. The number of rotatable bonds is 6. The van der Waals surface area contributed by atoms with Gasteiger partial charge in [-0.25, -0.2) is 0 Å². The van der Waals surface area contributed by atoms with Gasteiger partial charge in [0.2, 0.25) is 0 Å². The molecule has 0 N–H and O–H groups in total. The molecule has 1 aromatic rings. The summed E-state index contributed by atoms with van der Waals surface area (Å²) in [5.41, 5.74) is 1.91. The molecule has 1 fully saturated rings. The van der Waals surface area contributed by atoms with E-state index in [0.29, 0.717) is 23.7 Å². The molecule has 2 heterocycles. The van der Waals surface area contributed by atoms with Crippen molar-refractivity contribution < 1.29 is 14.3 Å². The van der Waals surface area contributed by atoms with Gasteiger partial charge in [0.1, 0.15) is 11.4 Å². The Kier molecular flexibility index (Phi) is 5.88. The number of amides is 2. The van der Waals surface area contributed by atoms with Crippen molar-refractivity contribution in [1.82, 2.24) is 9.80 Å². The summed E-state index contributed by atoms with van der Waals surface area (Å²) in [6, 6.07) is 7.53. The number of hydrogen-bond donors (Lipinski definition) is 0. The third-order valence-corrected chi connectivity index (χ3v) is 5.21. The van der Waals surface area contributed by atoms with Crippen molar-refractivity contribution in [1.29, 1.82) is 0 Å². The lowest BCUT2D eigenvalue weighted by Crippen LogP contribution is -2.38. The molecule has 0 spiro atoms. The molecule has 2 amide bonds. The first-order chi connectivity index (χ1) is 12.9. The maximum absolute atomic E-state index is 13.1. The van der Waals surface area contributed by atoms with E-state index in [1.54, 1.807) is 0 Å². The molecule has 2 aliphatic heterocycles. The van der Waals surface area contributed by atoms with Crippen LogP contribution in [0.4, 0.5) is 0 Å². The van der Waals surface area contributed by atoms with Gasteiger partial charge in [0, 0.05) is 19.6 Å². The summed E-state index contributed by atoms with van der Waals surface area (Å²) in [4.78, 5) is 29.7.